The van der Waals surface area contributed by atoms with E-state index in [1.807, 2.05) is 24.3 Å². The fraction of sp³-hybridized carbons (Fsp3) is 0.200. The Bertz CT molecular complexity index is 1000. The van der Waals surface area contributed by atoms with Crippen molar-refractivity contribution >= 4 is 11.8 Å². The molecule has 3 N–H and O–H groups in total. The minimum absolute atomic E-state index is 0.115. The van der Waals surface area contributed by atoms with Crippen LogP contribution in [0, 0.1) is 0 Å². The predicted molar refractivity (Wildman–Crippen MR) is 101 cm³/mol. The summed E-state index contributed by atoms with van der Waals surface area (Å²) in [6.45, 7) is 1.33. The number of carbonyl (C=O) groups is 2. The third-order valence-corrected chi connectivity index (χ3v) is 4.63. The molecule has 0 radical (unpaired) electrons. The van der Waals surface area contributed by atoms with Crippen LogP contribution in [0.3, 0.4) is 0 Å². The zero-order chi connectivity index (χ0) is 19.5. The highest BCUT2D eigenvalue weighted by Gasteiger charge is 2.27. The molecule has 3 aromatic rings. The Balaban J connectivity index is 1.56. The number of carbonyl (C=O) groups excluding carboxylic acids is 2. The molecule has 0 bridgehead atoms. The van der Waals surface area contributed by atoms with Crippen LogP contribution in [0.25, 0.3) is 11.3 Å². The van der Waals surface area contributed by atoms with E-state index in [9.17, 15) is 9.59 Å². The average Bonchev–Trinajstić information content (AvgIpc) is 3.28. The molecule has 2 amide bonds. The normalized spacial score (nSPS) is 16.7. The lowest BCUT2D eigenvalue weighted by Crippen LogP contribution is -2.42. The number of ether oxygens (including phenoxy) is 1. The smallest absolute Gasteiger partial charge is 0.272 e. The molecule has 3 heterocycles. The molecule has 1 aliphatic rings. The Hall–Kier alpha value is -3.52. The summed E-state index contributed by atoms with van der Waals surface area (Å²) < 4.78 is 5.86. The number of primary amides is 1. The van der Waals surface area contributed by atoms with Gasteiger partial charge in [0.2, 0.25) is 5.91 Å². The number of hydrogen-bond donors (Lipinski definition) is 2. The van der Waals surface area contributed by atoms with Gasteiger partial charge in [-0.2, -0.15) is 5.10 Å². The molecule has 2 aromatic heterocycles. The topological polar surface area (TPSA) is 114 Å². The Kier molecular flexibility index (Phi) is 4.86. The second kappa shape index (κ2) is 7.61. The zero-order valence-corrected chi connectivity index (χ0v) is 15.0. The molecular formula is C20H19N5O3. The standard InChI is InChI=1S/C20H19N5O3/c21-19(26)14-4-1-3-13(11-14)15-5-2-6-16(23-15)18-12-25(9-10-28-18)20(27)17-7-8-22-24-17/h1-8,11,18H,9-10,12H2,(H2,21,26)(H,22,24)/t18-/m1/s1. The summed E-state index contributed by atoms with van der Waals surface area (Å²) >= 11 is 0. The van der Waals surface area contributed by atoms with E-state index in [4.69, 9.17) is 10.5 Å². The van der Waals surface area contributed by atoms with Crippen molar-refractivity contribution < 1.29 is 14.3 Å². The fourth-order valence-corrected chi connectivity index (χ4v) is 3.18. The number of aromatic nitrogens is 3. The molecule has 0 unspecified atom stereocenters. The van der Waals surface area contributed by atoms with Gasteiger partial charge in [0.05, 0.1) is 24.5 Å². The van der Waals surface area contributed by atoms with Gasteiger partial charge in [-0.1, -0.05) is 18.2 Å². The first-order valence-corrected chi connectivity index (χ1v) is 8.89. The molecule has 0 aliphatic carbocycles. The monoisotopic (exact) mass is 377 g/mol. The van der Waals surface area contributed by atoms with Crippen molar-refractivity contribution in [2.45, 2.75) is 6.10 Å². The van der Waals surface area contributed by atoms with Crippen molar-refractivity contribution in [2.24, 2.45) is 5.73 Å². The van der Waals surface area contributed by atoms with Crippen LogP contribution < -0.4 is 5.73 Å². The van der Waals surface area contributed by atoms with Gasteiger partial charge in [-0.05, 0) is 30.3 Å². The Labute approximate surface area is 161 Å². The minimum atomic E-state index is -0.485. The molecule has 1 saturated heterocycles. The van der Waals surface area contributed by atoms with Crippen LogP contribution in [0.4, 0.5) is 0 Å². The maximum atomic E-state index is 12.6. The number of nitrogens with one attached hydrogen (secondary N) is 1. The molecule has 0 saturated carbocycles. The highest BCUT2D eigenvalue weighted by atomic mass is 16.5. The average molecular weight is 377 g/mol. The number of benzene rings is 1. The first-order chi connectivity index (χ1) is 13.6. The van der Waals surface area contributed by atoms with Gasteiger partial charge < -0.3 is 15.4 Å². The predicted octanol–water partition coefficient (Wildman–Crippen LogP) is 1.78. The van der Waals surface area contributed by atoms with Crippen LogP contribution in [-0.2, 0) is 4.74 Å². The molecule has 0 spiro atoms. The number of morpholine rings is 1. The molecule has 1 aromatic carbocycles. The highest BCUT2D eigenvalue weighted by molar-refractivity contribution is 5.94. The van der Waals surface area contributed by atoms with E-state index in [1.54, 1.807) is 35.4 Å². The van der Waals surface area contributed by atoms with Crippen LogP contribution in [0.15, 0.2) is 54.7 Å². The lowest BCUT2D eigenvalue weighted by Gasteiger charge is -2.32. The van der Waals surface area contributed by atoms with E-state index in [1.165, 1.54) is 0 Å². The molecular weight excluding hydrogens is 358 g/mol. The van der Waals surface area contributed by atoms with E-state index in [0.717, 1.165) is 11.3 Å². The third-order valence-electron chi connectivity index (χ3n) is 4.63. The summed E-state index contributed by atoms with van der Waals surface area (Å²) in [6.07, 6.45) is 1.22. The van der Waals surface area contributed by atoms with Gasteiger partial charge in [0.25, 0.3) is 5.91 Å². The summed E-state index contributed by atoms with van der Waals surface area (Å²) in [5, 5.41) is 6.53. The lowest BCUT2D eigenvalue weighted by molar-refractivity contribution is -0.0248. The summed E-state index contributed by atoms with van der Waals surface area (Å²) in [6, 6.07) is 14.3. The molecule has 1 aliphatic heterocycles. The third kappa shape index (κ3) is 3.63. The van der Waals surface area contributed by atoms with Crippen LogP contribution in [0.1, 0.15) is 32.6 Å². The second-order valence-electron chi connectivity index (χ2n) is 6.47. The van der Waals surface area contributed by atoms with Crippen molar-refractivity contribution in [1.82, 2.24) is 20.1 Å². The van der Waals surface area contributed by atoms with Crippen molar-refractivity contribution in [1.29, 1.82) is 0 Å². The summed E-state index contributed by atoms with van der Waals surface area (Å²) in [5.74, 6) is -0.599. The first kappa shape index (κ1) is 17.9. The number of amides is 2. The van der Waals surface area contributed by atoms with Crippen molar-refractivity contribution in [3.63, 3.8) is 0 Å². The quantitative estimate of drug-likeness (QED) is 0.719. The first-order valence-electron chi connectivity index (χ1n) is 8.89. The Morgan fingerprint density at radius 1 is 1.18 bits per heavy atom. The fourth-order valence-electron chi connectivity index (χ4n) is 3.18. The van der Waals surface area contributed by atoms with Crippen LogP contribution in [0.2, 0.25) is 0 Å². The number of rotatable bonds is 4. The van der Waals surface area contributed by atoms with Gasteiger partial charge >= 0.3 is 0 Å². The number of pyridine rings is 1. The van der Waals surface area contributed by atoms with Crippen molar-refractivity contribution in [2.75, 3.05) is 19.7 Å². The van der Waals surface area contributed by atoms with Crippen LogP contribution >= 0.6 is 0 Å². The Morgan fingerprint density at radius 2 is 2.04 bits per heavy atom. The van der Waals surface area contributed by atoms with E-state index in [-0.39, 0.29) is 12.0 Å². The number of nitrogens with two attached hydrogens (primary N) is 1. The van der Waals surface area contributed by atoms with Gasteiger partial charge in [-0.3, -0.25) is 14.7 Å². The molecule has 142 valence electrons. The molecule has 1 atom stereocenters. The SMILES string of the molecule is NC(=O)c1cccc(-c2cccc([C@H]3CN(C(=O)c4ccn[nH]4)CCO3)n2)c1. The van der Waals surface area contributed by atoms with Gasteiger partial charge in [0, 0.05) is 23.9 Å². The molecule has 4 rings (SSSR count). The van der Waals surface area contributed by atoms with Gasteiger partial charge in [-0.25, -0.2) is 4.98 Å². The second-order valence-corrected chi connectivity index (χ2v) is 6.47. The van der Waals surface area contributed by atoms with Crippen molar-refractivity contribution in [3.05, 3.63) is 71.7 Å². The summed E-state index contributed by atoms with van der Waals surface area (Å²) in [4.78, 5) is 30.4. The summed E-state index contributed by atoms with van der Waals surface area (Å²) in [5.41, 5.74) is 8.47. The number of nitrogens with zero attached hydrogens (tertiary/aromatic N) is 3. The van der Waals surface area contributed by atoms with Crippen LogP contribution in [-0.4, -0.2) is 51.6 Å². The van der Waals surface area contributed by atoms with Gasteiger partial charge in [0.15, 0.2) is 0 Å². The maximum Gasteiger partial charge on any atom is 0.272 e. The molecule has 8 nitrogen and oxygen atoms in total. The zero-order valence-electron chi connectivity index (χ0n) is 15.0. The van der Waals surface area contributed by atoms with Gasteiger partial charge in [0.1, 0.15) is 11.8 Å². The minimum Gasteiger partial charge on any atom is -0.368 e. The van der Waals surface area contributed by atoms with Gasteiger partial charge in [-0.15, -0.1) is 0 Å². The molecule has 28 heavy (non-hydrogen) atoms. The van der Waals surface area contributed by atoms with E-state index < -0.39 is 5.91 Å². The molecule has 1 fully saturated rings. The summed E-state index contributed by atoms with van der Waals surface area (Å²) in [7, 11) is 0. The molecule has 8 heteroatoms. The number of H-pyrrole nitrogens is 1. The lowest BCUT2D eigenvalue weighted by atomic mass is 10.1. The van der Waals surface area contributed by atoms with Crippen LogP contribution in [0.5, 0.6) is 0 Å². The number of hydrogen-bond acceptors (Lipinski definition) is 5. The van der Waals surface area contributed by atoms with Crippen molar-refractivity contribution in [3.8, 4) is 11.3 Å². The van der Waals surface area contributed by atoms with E-state index >= 15 is 0 Å². The number of aromatic amines is 1. The highest BCUT2D eigenvalue weighted by Crippen LogP contribution is 2.25. The maximum absolute atomic E-state index is 12.6. The van der Waals surface area contributed by atoms with E-state index in [2.05, 4.69) is 15.2 Å². The largest absolute Gasteiger partial charge is 0.368 e. The Morgan fingerprint density at radius 3 is 2.82 bits per heavy atom. The van der Waals surface area contributed by atoms with E-state index in [0.29, 0.717) is 36.6 Å².